The number of fused-ring (bicyclic) bond motifs is 2. The number of nitrogens with two attached hydrogens (primary N) is 1. The summed E-state index contributed by atoms with van der Waals surface area (Å²) in [7, 11) is 3.18. The summed E-state index contributed by atoms with van der Waals surface area (Å²) >= 11 is 2.68. The summed E-state index contributed by atoms with van der Waals surface area (Å²) in [5, 5.41) is 34.8. The minimum absolute atomic E-state index is 0.0465. The molecule has 13 heteroatoms. The molecule has 4 rings (SSSR count). The molecule has 206 valence electrons. The van der Waals surface area contributed by atoms with Gasteiger partial charge in [-0.3, -0.25) is 15.0 Å². The largest absolute Gasteiger partial charge is 0.358 e. The Balaban J connectivity index is 1.74. The molecule has 1 unspecified atom stereocenters. The summed E-state index contributed by atoms with van der Waals surface area (Å²) < 4.78 is 0. The normalized spacial score (nSPS) is 17.7. The Morgan fingerprint density at radius 2 is 1.79 bits per heavy atom. The van der Waals surface area contributed by atoms with Crippen molar-refractivity contribution >= 4 is 40.3 Å². The first kappa shape index (κ1) is 28.4. The van der Waals surface area contributed by atoms with E-state index in [1.54, 1.807) is 14.1 Å². The molecule has 1 saturated heterocycles. The molecule has 1 fully saturated rings. The molecular weight excluding hydrogens is 534 g/mol. The molecule has 0 radical (unpaired) electrons. The zero-order valence-corrected chi connectivity index (χ0v) is 23.7. The van der Waals surface area contributed by atoms with E-state index in [4.69, 9.17) is 11.3 Å². The minimum atomic E-state index is -1.06. The van der Waals surface area contributed by atoms with Gasteiger partial charge in [-0.1, -0.05) is 11.8 Å². The van der Waals surface area contributed by atoms with E-state index in [-0.39, 0.29) is 23.7 Å². The van der Waals surface area contributed by atoms with Gasteiger partial charge < -0.3 is 26.7 Å². The van der Waals surface area contributed by atoms with Crippen LogP contribution in [0.25, 0.3) is 0 Å². The van der Waals surface area contributed by atoms with Gasteiger partial charge in [0, 0.05) is 42.6 Å². The second kappa shape index (κ2) is 12.1. The Kier molecular flexibility index (Phi) is 8.79. The van der Waals surface area contributed by atoms with Crippen molar-refractivity contribution in [1.82, 2.24) is 20.9 Å². The van der Waals surface area contributed by atoms with Crippen molar-refractivity contribution < 1.29 is 9.59 Å². The SMILES string of the molecule is C=C(CNCCC1(C(=N)N=NN)c2sc(C(=O)NC)cc2CCc2cc(C(=O)NC)sc21)N1CCCC1C#N. The molecule has 2 aliphatic rings. The number of rotatable bonds is 9. The molecule has 0 bridgehead atoms. The van der Waals surface area contributed by atoms with E-state index in [9.17, 15) is 14.9 Å². The highest BCUT2D eigenvalue weighted by Crippen LogP contribution is 2.50. The predicted octanol–water partition coefficient (Wildman–Crippen LogP) is 2.70. The van der Waals surface area contributed by atoms with Gasteiger partial charge in [-0.05, 0) is 61.9 Å². The van der Waals surface area contributed by atoms with Crippen LogP contribution in [0.1, 0.15) is 59.5 Å². The lowest BCUT2D eigenvalue weighted by atomic mass is 9.78. The van der Waals surface area contributed by atoms with Crippen molar-refractivity contribution in [3.05, 3.63) is 55.0 Å². The molecule has 6 N–H and O–H groups in total. The van der Waals surface area contributed by atoms with Gasteiger partial charge >= 0.3 is 0 Å². The quantitative estimate of drug-likeness (QED) is 0.0778. The number of carbonyl (C=O) groups is 2. The molecule has 1 aliphatic carbocycles. The average molecular weight is 568 g/mol. The lowest BCUT2D eigenvalue weighted by Crippen LogP contribution is -2.39. The number of amidine groups is 1. The van der Waals surface area contributed by atoms with Crippen molar-refractivity contribution in [3.63, 3.8) is 0 Å². The van der Waals surface area contributed by atoms with Crippen LogP contribution in [0.15, 0.2) is 34.7 Å². The number of likely N-dealkylation sites (tertiary alicyclic amines) is 1. The highest BCUT2D eigenvalue weighted by Gasteiger charge is 2.47. The lowest BCUT2D eigenvalue weighted by Gasteiger charge is -2.32. The van der Waals surface area contributed by atoms with Crippen LogP contribution in [0, 0.1) is 16.7 Å². The number of nitrogens with one attached hydrogen (secondary N) is 4. The molecule has 1 atom stereocenters. The summed E-state index contributed by atoms with van der Waals surface area (Å²) in [5.74, 6) is 5.01. The standard InChI is InChI=1S/C26H33N9O2S2/c1-15(35-10-4-5-18(35)13-27)14-32-9-8-26(25(28)33-34-29)21-16(11-19(38-21)23(36)30-2)6-7-17-12-20(24(37)31-3)39-22(17)26/h11-12,18,32H,1,4-10,14H2,2-3H3,(H,30,36)(H,31,37)(H3,28,29,33). The van der Waals surface area contributed by atoms with E-state index < -0.39 is 5.41 Å². The van der Waals surface area contributed by atoms with Crippen LogP contribution in [0.4, 0.5) is 0 Å². The maximum absolute atomic E-state index is 12.6. The number of carbonyl (C=O) groups excluding carboxylic acids is 2. The third-order valence-electron chi connectivity index (χ3n) is 7.33. The fraction of sp³-hybridized carbons (Fsp3) is 0.462. The summed E-state index contributed by atoms with van der Waals surface area (Å²) in [6.07, 6.45) is 3.53. The molecular formula is C26H33N9O2S2. The van der Waals surface area contributed by atoms with Crippen LogP contribution < -0.4 is 21.8 Å². The van der Waals surface area contributed by atoms with Crippen LogP contribution in [-0.2, 0) is 18.3 Å². The summed E-state index contributed by atoms with van der Waals surface area (Å²) in [4.78, 5) is 30.0. The van der Waals surface area contributed by atoms with Gasteiger partial charge in [0.15, 0.2) is 5.84 Å². The summed E-state index contributed by atoms with van der Waals surface area (Å²) in [5.41, 5.74) is 1.73. The Hall–Kier alpha value is -3.60. The second-order valence-corrected chi connectivity index (χ2v) is 11.6. The van der Waals surface area contributed by atoms with Crippen LogP contribution in [0.5, 0.6) is 0 Å². The van der Waals surface area contributed by atoms with Gasteiger partial charge in [-0.25, -0.2) is 0 Å². The van der Waals surface area contributed by atoms with Crippen molar-refractivity contribution in [2.24, 2.45) is 16.2 Å². The maximum atomic E-state index is 12.6. The number of amides is 2. The van der Waals surface area contributed by atoms with Crippen molar-refractivity contribution in [1.29, 1.82) is 10.7 Å². The molecule has 0 aromatic carbocycles. The van der Waals surface area contributed by atoms with Crippen molar-refractivity contribution in [2.75, 3.05) is 33.7 Å². The zero-order valence-electron chi connectivity index (χ0n) is 22.1. The molecule has 3 heterocycles. The molecule has 11 nitrogen and oxygen atoms in total. The molecule has 39 heavy (non-hydrogen) atoms. The number of nitrogens with zero attached hydrogens (tertiary/aromatic N) is 4. The minimum Gasteiger partial charge on any atom is -0.358 e. The third kappa shape index (κ3) is 5.32. The van der Waals surface area contributed by atoms with Crippen molar-refractivity contribution in [3.8, 4) is 6.07 Å². The first-order valence-electron chi connectivity index (χ1n) is 12.8. The van der Waals surface area contributed by atoms with Crippen molar-refractivity contribution in [2.45, 2.75) is 43.6 Å². The smallest absolute Gasteiger partial charge is 0.261 e. The maximum Gasteiger partial charge on any atom is 0.261 e. The van der Waals surface area contributed by atoms with Gasteiger partial charge in [0.25, 0.3) is 11.8 Å². The molecule has 0 spiro atoms. The number of aryl methyl sites for hydroxylation is 2. The number of thiophene rings is 2. The average Bonchev–Trinajstić information content (AvgIpc) is 3.68. The van der Waals surface area contributed by atoms with Crippen LogP contribution in [0.2, 0.25) is 0 Å². The van der Waals surface area contributed by atoms with E-state index in [1.165, 1.54) is 22.7 Å². The van der Waals surface area contributed by atoms with E-state index >= 15 is 0 Å². The van der Waals surface area contributed by atoms with Gasteiger partial charge in [0.05, 0.1) is 15.8 Å². The first-order chi connectivity index (χ1) is 18.8. The number of hydrogen-bond donors (Lipinski definition) is 5. The third-order valence-corrected chi connectivity index (χ3v) is 10.0. The van der Waals surface area contributed by atoms with E-state index in [0.717, 1.165) is 46.0 Å². The van der Waals surface area contributed by atoms with Gasteiger partial charge in [0.2, 0.25) is 0 Å². The topological polar surface area (TPSA) is 172 Å². The Morgan fingerprint density at radius 1 is 1.21 bits per heavy atom. The predicted molar refractivity (Wildman–Crippen MR) is 152 cm³/mol. The van der Waals surface area contributed by atoms with Crippen LogP contribution in [-0.4, -0.2) is 62.3 Å². The summed E-state index contributed by atoms with van der Waals surface area (Å²) in [6.45, 7) is 5.96. The van der Waals surface area contributed by atoms with E-state index in [0.29, 0.717) is 42.1 Å². The Morgan fingerprint density at radius 3 is 2.31 bits per heavy atom. The monoisotopic (exact) mass is 567 g/mol. The second-order valence-electron chi connectivity index (χ2n) is 9.53. The molecule has 2 aromatic rings. The van der Waals surface area contributed by atoms with E-state index in [2.05, 4.69) is 38.9 Å². The van der Waals surface area contributed by atoms with E-state index in [1.807, 2.05) is 17.0 Å². The molecule has 2 amide bonds. The molecule has 1 aliphatic heterocycles. The highest BCUT2D eigenvalue weighted by molar-refractivity contribution is 7.16. The lowest BCUT2D eigenvalue weighted by molar-refractivity contribution is 0.0959. The Labute approximate surface area is 235 Å². The number of nitriles is 1. The highest BCUT2D eigenvalue weighted by atomic mass is 32.1. The zero-order chi connectivity index (χ0) is 28.2. The molecule has 2 aromatic heterocycles. The van der Waals surface area contributed by atoms with Gasteiger partial charge in [-0.15, -0.1) is 27.8 Å². The number of hydrogen-bond acceptors (Lipinski definition) is 9. The fourth-order valence-corrected chi connectivity index (χ4v) is 8.22. The fourth-order valence-electron chi connectivity index (χ4n) is 5.39. The van der Waals surface area contributed by atoms with Gasteiger partial charge in [-0.2, -0.15) is 5.26 Å². The Bertz CT molecular complexity index is 1290. The van der Waals surface area contributed by atoms with Crippen LogP contribution in [0.3, 0.4) is 0 Å². The molecule has 0 saturated carbocycles. The van der Waals surface area contributed by atoms with Gasteiger partial charge in [0.1, 0.15) is 11.5 Å². The van der Waals surface area contributed by atoms with Crippen LogP contribution >= 0.6 is 22.7 Å². The summed E-state index contributed by atoms with van der Waals surface area (Å²) in [6, 6.07) is 5.97. The first-order valence-corrected chi connectivity index (χ1v) is 14.4.